The molecule has 3 atom stereocenters. The summed E-state index contributed by atoms with van der Waals surface area (Å²) in [6, 6.07) is -0.565. The second kappa shape index (κ2) is 11.4. The van der Waals surface area contributed by atoms with E-state index in [2.05, 4.69) is 20.6 Å². The SMILES string of the molecule is CCOC(=O)CCC1NCCN(CC(=O)N[C@]2(C(=O)c3nccs3)CC2CCN=C(N)N)C1=O. The van der Waals surface area contributed by atoms with Gasteiger partial charge in [-0.15, -0.1) is 11.3 Å². The van der Waals surface area contributed by atoms with Crippen molar-refractivity contribution >= 4 is 40.9 Å². The molecule has 6 N–H and O–H groups in total. The number of ketones is 1. The Morgan fingerprint density at radius 1 is 1.38 bits per heavy atom. The highest BCUT2D eigenvalue weighted by atomic mass is 32.1. The van der Waals surface area contributed by atoms with Crippen molar-refractivity contribution in [1.29, 1.82) is 0 Å². The Morgan fingerprint density at radius 3 is 2.85 bits per heavy atom. The van der Waals surface area contributed by atoms with Crippen molar-refractivity contribution in [2.75, 3.05) is 32.8 Å². The minimum Gasteiger partial charge on any atom is -0.466 e. The van der Waals surface area contributed by atoms with Gasteiger partial charge in [0.1, 0.15) is 5.54 Å². The lowest BCUT2D eigenvalue weighted by Gasteiger charge is -2.33. The third kappa shape index (κ3) is 6.29. The Hall–Kier alpha value is -3.06. The number of thiazole rings is 1. The van der Waals surface area contributed by atoms with Crippen LogP contribution in [0, 0.1) is 5.92 Å². The molecule has 2 fully saturated rings. The standard InChI is InChI=1S/C21H31N7O5S/c1-2-33-16(30)4-3-14-19(32)28(9-7-24-14)12-15(29)27-21(17(31)18-25-8-10-34-18)11-13(21)5-6-26-20(22)23/h8,10,13-14,24H,2-7,9,11-12H2,1H3,(H,27,29)(H4,22,23,26)/t13?,14?,21-/m1/s1. The van der Waals surface area contributed by atoms with Gasteiger partial charge in [-0.2, -0.15) is 0 Å². The van der Waals surface area contributed by atoms with Crippen LogP contribution in [0.3, 0.4) is 0 Å². The molecular formula is C21H31N7O5S. The van der Waals surface area contributed by atoms with Crippen LogP contribution in [-0.2, 0) is 19.1 Å². The van der Waals surface area contributed by atoms with Crippen molar-refractivity contribution in [2.24, 2.45) is 22.4 Å². The molecule has 0 aromatic carbocycles. The van der Waals surface area contributed by atoms with Crippen molar-refractivity contribution in [1.82, 2.24) is 20.5 Å². The van der Waals surface area contributed by atoms with Gasteiger partial charge in [-0.05, 0) is 32.1 Å². The lowest BCUT2D eigenvalue weighted by molar-refractivity contribution is -0.144. The number of rotatable bonds is 12. The second-order valence-corrected chi connectivity index (χ2v) is 9.19. The van der Waals surface area contributed by atoms with E-state index in [0.29, 0.717) is 37.5 Å². The number of carbonyl (C=O) groups excluding carboxylic acids is 4. The topological polar surface area (TPSA) is 182 Å². The fourth-order valence-electron chi connectivity index (χ4n) is 4.17. The summed E-state index contributed by atoms with van der Waals surface area (Å²) in [6.45, 7) is 3.02. The number of ether oxygens (including phenoxy) is 1. The quantitative estimate of drug-likeness (QED) is 0.123. The predicted molar refractivity (Wildman–Crippen MR) is 125 cm³/mol. The summed E-state index contributed by atoms with van der Waals surface area (Å²) < 4.78 is 4.91. The van der Waals surface area contributed by atoms with Gasteiger partial charge >= 0.3 is 5.97 Å². The average Bonchev–Trinajstić information content (AvgIpc) is 3.20. The van der Waals surface area contributed by atoms with Gasteiger partial charge in [0.05, 0.1) is 19.2 Å². The molecule has 1 saturated carbocycles. The van der Waals surface area contributed by atoms with Gasteiger partial charge in [-0.25, -0.2) is 4.98 Å². The number of nitrogens with one attached hydrogen (secondary N) is 2. The highest BCUT2D eigenvalue weighted by Crippen LogP contribution is 2.48. The molecule has 1 aliphatic carbocycles. The van der Waals surface area contributed by atoms with Gasteiger partial charge in [-0.3, -0.25) is 24.2 Å². The van der Waals surface area contributed by atoms with Crippen LogP contribution >= 0.6 is 11.3 Å². The fraction of sp³-hybridized carbons (Fsp3) is 0.619. The van der Waals surface area contributed by atoms with E-state index in [9.17, 15) is 19.2 Å². The van der Waals surface area contributed by atoms with Crippen LogP contribution in [0.5, 0.6) is 0 Å². The van der Waals surface area contributed by atoms with Gasteiger partial charge in [0.2, 0.25) is 17.6 Å². The molecule has 3 rings (SSSR count). The zero-order valence-corrected chi connectivity index (χ0v) is 19.9. The molecule has 0 spiro atoms. The molecule has 2 aliphatic rings. The second-order valence-electron chi connectivity index (χ2n) is 8.29. The molecular weight excluding hydrogens is 462 g/mol. The number of hydrogen-bond donors (Lipinski definition) is 4. The van der Waals surface area contributed by atoms with Crippen LogP contribution in [-0.4, -0.2) is 83.8 Å². The van der Waals surface area contributed by atoms with Crippen molar-refractivity contribution < 1.29 is 23.9 Å². The molecule has 2 unspecified atom stereocenters. The Bertz CT molecular complexity index is 934. The van der Waals surface area contributed by atoms with E-state index in [-0.39, 0.29) is 55.5 Å². The average molecular weight is 494 g/mol. The molecule has 1 aromatic heterocycles. The molecule has 0 radical (unpaired) electrons. The lowest BCUT2D eigenvalue weighted by atomic mass is 10.1. The molecule has 2 amide bonds. The summed E-state index contributed by atoms with van der Waals surface area (Å²) in [4.78, 5) is 60.0. The maximum absolute atomic E-state index is 13.2. The smallest absolute Gasteiger partial charge is 0.305 e. The molecule has 13 heteroatoms. The number of Topliss-reactive ketones (excluding diaryl/α,β-unsaturated/α-hetero) is 1. The predicted octanol–water partition coefficient (Wildman–Crippen LogP) is -0.992. The third-order valence-electron chi connectivity index (χ3n) is 5.93. The van der Waals surface area contributed by atoms with Crippen molar-refractivity contribution in [3.8, 4) is 0 Å². The molecule has 2 heterocycles. The number of aliphatic imine (C=N–C) groups is 1. The molecule has 12 nitrogen and oxygen atoms in total. The van der Waals surface area contributed by atoms with E-state index in [1.807, 2.05) is 0 Å². The summed E-state index contributed by atoms with van der Waals surface area (Å²) in [6.07, 6.45) is 2.92. The van der Waals surface area contributed by atoms with Crippen molar-refractivity contribution in [2.45, 2.75) is 44.2 Å². The third-order valence-corrected chi connectivity index (χ3v) is 6.70. The molecule has 1 aromatic rings. The van der Waals surface area contributed by atoms with E-state index < -0.39 is 17.5 Å². The summed E-state index contributed by atoms with van der Waals surface area (Å²) in [5.41, 5.74) is 9.69. The van der Waals surface area contributed by atoms with Crippen LogP contribution in [0.25, 0.3) is 0 Å². The number of carbonyl (C=O) groups is 4. The number of piperazine rings is 1. The van der Waals surface area contributed by atoms with Gasteiger partial charge in [0.15, 0.2) is 11.0 Å². The summed E-state index contributed by atoms with van der Waals surface area (Å²) in [7, 11) is 0. The molecule has 34 heavy (non-hydrogen) atoms. The van der Waals surface area contributed by atoms with Crippen LogP contribution < -0.4 is 22.1 Å². The van der Waals surface area contributed by atoms with Crippen LogP contribution in [0.2, 0.25) is 0 Å². The molecule has 1 aliphatic heterocycles. The molecule has 0 bridgehead atoms. The first kappa shape index (κ1) is 25.6. The van der Waals surface area contributed by atoms with Crippen molar-refractivity contribution in [3.63, 3.8) is 0 Å². The summed E-state index contributed by atoms with van der Waals surface area (Å²) in [5, 5.41) is 7.98. The minimum atomic E-state index is -1.08. The highest BCUT2D eigenvalue weighted by molar-refractivity contribution is 7.11. The van der Waals surface area contributed by atoms with Gasteiger partial charge < -0.3 is 31.7 Å². The summed E-state index contributed by atoms with van der Waals surface area (Å²) >= 11 is 1.21. The summed E-state index contributed by atoms with van der Waals surface area (Å²) in [5.74, 6) is -1.46. The Labute approximate surface area is 201 Å². The van der Waals surface area contributed by atoms with Crippen molar-refractivity contribution in [3.05, 3.63) is 16.6 Å². The van der Waals surface area contributed by atoms with E-state index in [1.165, 1.54) is 16.2 Å². The first-order chi connectivity index (χ1) is 16.3. The van der Waals surface area contributed by atoms with E-state index in [1.54, 1.807) is 18.5 Å². The number of esters is 1. The first-order valence-electron chi connectivity index (χ1n) is 11.2. The van der Waals surface area contributed by atoms with Crippen LogP contribution in [0.15, 0.2) is 16.6 Å². The molecule has 186 valence electrons. The normalized spacial score (nSPS) is 23.8. The van der Waals surface area contributed by atoms with E-state index >= 15 is 0 Å². The largest absolute Gasteiger partial charge is 0.466 e. The number of amides is 2. The molecule has 1 saturated heterocycles. The Morgan fingerprint density at radius 2 is 2.18 bits per heavy atom. The fourth-order valence-corrected chi connectivity index (χ4v) is 4.83. The van der Waals surface area contributed by atoms with Gasteiger partial charge in [-0.1, -0.05) is 0 Å². The first-order valence-corrected chi connectivity index (χ1v) is 12.1. The van der Waals surface area contributed by atoms with E-state index in [0.717, 1.165) is 0 Å². The number of guanidine groups is 1. The zero-order chi connectivity index (χ0) is 24.7. The Kier molecular flexibility index (Phi) is 8.56. The highest BCUT2D eigenvalue weighted by Gasteiger charge is 2.61. The van der Waals surface area contributed by atoms with Gasteiger partial charge in [0.25, 0.3) is 0 Å². The number of aromatic nitrogens is 1. The van der Waals surface area contributed by atoms with E-state index in [4.69, 9.17) is 16.2 Å². The maximum atomic E-state index is 13.2. The van der Waals surface area contributed by atoms with Crippen LogP contribution in [0.4, 0.5) is 0 Å². The minimum absolute atomic E-state index is 0.0312. The number of hydrogen-bond acceptors (Lipinski definition) is 9. The van der Waals surface area contributed by atoms with Gasteiger partial charge in [0, 0.05) is 37.6 Å². The lowest BCUT2D eigenvalue weighted by Crippen LogP contribution is -2.58. The zero-order valence-electron chi connectivity index (χ0n) is 19.1. The monoisotopic (exact) mass is 493 g/mol. The number of nitrogens with two attached hydrogens (primary N) is 2. The number of nitrogens with zero attached hydrogens (tertiary/aromatic N) is 3. The van der Waals surface area contributed by atoms with Crippen LogP contribution in [0.1, 0.15) is 42.4 Å². The maximum Gasteiger partial charge on any atom is 0.305 e. The Balaban J connectivity index is 1.61.